The van der Waals surface area contributed by atoms with Gasteiger partial charge in [-0.2, -0.15) is 0 Å². The maximum atomic E-state index is 5.75. The molecule has 3 nitrogen and oxygen atoms in total. The highest BCUT2D eigenvalue weighted by Crippen LogP contribution is 2.62. The second kappa shape index (κ2) is 12.5. The van der Waals surface area contributed by atoms with Gasteiger partial charge in [-0.3, -0.25) is 9.55 Å². The first-order valence-corrected chi connectivity index (χ1v) is 20.9. The summed E-state index contributed by atoms with van der Waals surface area (Å²) in [6.45, 7) is 16.0. The van der Waals surface area contributed by atoms with Gasteiger partial charge in [0.25, 0.3) is 0 Å². The third-order valence-electron chi connectivity index (χ3n) is 13.0. The fourth-order valence-electron chi connectivity index (χ4n) is 10.0. The van der Waals surface area contributed by atoms with Crippen LogP contribution in [0.4, 0.5) is 0 Å². The minimum Gasteiger partial charge on any atom is -0.294 e. The minimum absolute atomic E-state index is 0.0235. The van der Waals surface area contributed by atoms with E-state index in [1.165, 1.54) is 77.5 Å². The molecule has 0 aliphatic heterocycles. The van der Waals surface area contributed by atoms with E-state index in [-0.39, 0.29) is 10.8 Å². The molecule has 1 spiro atoms. The maximum absolute atomic E-state index is 5.75. The van der Waals surface area contributed by atoms with E-state index in [4.69, 9.17) is 9.97 Å². The van der Waals surface area contributed by atoms with Crippen LogP contribution in [0.25, 0.3) is 72.4 Å². The van der Waals surface area contributed by atoms with Crippen LogP contribution in [0.3, 0.4) is 0 Å². The molecule has 0 saturated heterocycles. The summed E-state index contributed by atoms with van der Waals surface area (Å²) in [5.74, 6) is 0.906. The second-order valence-electron chi connectivity index (χ2n) is 18.8. The zero-order chi connectivity index (χ0) is 40.4. The zero-order valence-electron chi connectivity index (χ0n) is 34.9. The van der Waals surface area contributed by atoms with Crippen molar-refractivity contribution in [2.75, 3.05) is 0 Å². The topological polar surface area (TPSA) is 30.7 Å². The molecule has 0 N–H and O–H groups in total. The molecule has 0 atom stereocenters. The quantitative estimate of drug-likeness (QED) is 0.179. The van der Waals surface area contributed by atoms with Crippen molar-refractivity contribution in [1.82, 2.24) is 14.5 Å². The number of nitrogens with zero attached hydrogens (tertiary/aromatic N) is 3. The van der Waals surface area contributed by atoms with Crippen LogP contribution < -0.4 is 0 Å². The molecule has 6 aromatic carbocycles. The number of rotatable bonds is 3. The van der Waals surface area contributed by atoms with Gasteiger partial charge < -0.3 is 0 Å². The summed E-state index contributed by atoms with van der Waals surface area (Å²) in [4.78, 5) is 10.5. The van der Waals surface area contributed by atoms with Crippen LogP contribution in [-0.4, -0.2) is 14.5 Å². The Morgan fingerprint density at radius 1 is 0.475 bits per heavy atom. The molecule has 2 aliphatic rings. The molecule has 2 aliphatic carbocycles. The fourth-order valence-corrected chi connectivity index (χ4v) is 10.0. The molecule has 3 aromatic heterocycles. The molecule has 0 amide bonds. The monoisotopic (exact) mass is 761 g/mol. The summed E-state index contributed by atoms with van der Waals surface area (Å²) >= 11 is 0. The molecule has 286 valence electrons. The first kappa shape index (κ1) is 35.6. The van der Waals surface area contributed by atoms with Crippen molar-refractivity contribution < 1.29 is 0 Å². The molecular weight excluding hydrogens is 715 g/mol. The molecule has 0 fully saturated rings. The van der Waals surface area contributed by atoms with Gasteiger partial charge in [-0.15, -0.1) is 0 Å². The zero-order valence-corrected chi connectivity index (χ0v) is 34.9. The molecule has 3 heterocycles. The van der Waals surface area contributed by atoms with Gasteiger partial charge in [0.2, 0.25) is 0 Å². The number of fused-ring (bicyclic) bond motifs is 13. The molecule has 0 bridgehead atoms. The van der Waals surface area contributed by atoms with Crippen molar-refractivity contribution in [2.24, 2.45) is 0 Å². The summed E-state index contributed by atoms with van der Waals surface area (Å²) in [5, 5.41) is 2.40. The van der Waals surface area contributed by atoms with E-state index < -0.39 is 5.41 Å². The Labute approximate surface area is 347 Å². The van der Waals surface area contributed by atoms with Crippen molar-refractivity contribution >= 4 is 21.8 Å². The smallest absolute Gasteiger partial charge is 0.138 e. The van der Waals surface area contributed by atoms with Gasteiger partial charge in [0.1, 0.15) is 5.82 Å². The molecule has 59 heavy (non-hydrogen) atoms. The highest BCUT2D eigenvalue weighted by atomic mass is 15.1. The first-order valence-electron chi connectivity index (χ1n) is 20.9. The van der Waals surface area contributed by atoms with E-state index in [1.54, 1.807) is 0 Å². The second-order valence-corrected chi connectivity index (χ2v) is 18.8. The van der Waals surface area contributed by atoms with Crippen LogP contribution in [0.2, 0.25) is 0 Å². The Morgan fingerprint density at radius 3 is 1.80 bits per heavy atom. The number of pyridine rings is 2. The summed E-state index contributed by atoms with van der Waals surface area (Å²) in [7, 11) is 0. The largest absolute Gasteiger partial charge is 0.294 e. The third-order valence-corrected chi connectivity index (χ3v) is 13.0. The van der Waals surface area contributed by atoms with Gasteiger partial charge in [-0.1, -0.05) is 156 Å². The van der Waals surface area contributed by atoms with E-state index in [9.17, 15) is 0 Å². The Hall–Kier alpha value is -6.58. The van der Waals surface area contributed by atoms with Crippen LogP contribution in [0, 0.1) is 6.92 Å². The van der Waals surface area contributed by atoms with E-state index in [1.807, 2.05) is 12.3 Å². The molecule has 3 heteroatoms. The predicted molar refractivity (Wildman–Crippen MR) is 246 cm³/mol. The van der Waals surface area contributed by atoms with Gasteiger partial charge in [0.15, 0.2) is 0 Å². The van der Waals surface area contributed by atoms with Gasteiger partial charge in [0, 0.05) is 28.1 Å². The van der Waals surface area contributed by atoms with Gasteiger partial charge in [-0.25, -0.2) is 4.98 Å². The van der Waals surface area contributed by atoms with Crippen LogP contribution in [-0.2, 0) is 16.2 Å². The highest BCUT2D eigenvalue weighted by Gasteiger charge is 2.52. The van der Waals surface area contributed by atoms with Gasteiger partial charge in [0.05, 0.1) is 27.8 Å². The molecule has 9 aromatic rings. The van der Waals surface area contributed by atoms with Crippen molar-refractivity contribution in [3.8, 4) is 50.6 Å². The number of hydrogen-bond acceptors (Lipinski definition) is 2. The summed E-state index contributed by atoms with van der Waals surface area (Å²) in [5.41, 5.74) is 20.3. The van der Waals surface area contributed by atoms with Gasteiger partial charge >= 0.3 is 0 Å². The summed E-state index contributed by atoms with van der Waals surface area (Å²) < 4.78 is 2.38. The average molecular weight is 762 g/mol. The van der Waals surface area contributed by atoms with Crippen LogP contribution in [0.5, 0.6) is 0 Å². The van der Waals surface area contributed by atoms with E-state index >= 15 is 0 Å². The molecule has 11 rings (SSSR count). The van der Waals surface area contributed by atoms with Crippen LogP contribution in [0.15, 0.2) is 158 Å². The molecular formula is C56H47N3. The minimum atomic E-state index is -0.438. The van der Waals surface area contributed by atoms with E-state index in [0.717, 1.165) is 33.8 Å². The average Bonchev–Trinajstić information content (AvgIpc) is 3.83. The van der Waals surface area contributed by atoms with E-state index in [0.29, 0.717) is 0 Å². The lowest BCUT2D eigenvalue weighted by molar-refractivity contribution is 0.569. The Bertz CT molecular complexity index is 3110. The maximum Gasteiger partial charge on any atom is 0.138 e. The first-order chi connectivity index (χ1) is 28.4. The van der Waals surface area contributed by atoms with Crippen LogP contribution >= 0.6 is 0 Å². The Morgan fingerprint density at radius 2 is 1.12 bits per heavy atom. The number of aryl methyl sites for hydroxylation is 1. The number of hydrogen-bond donors (Lipinski definition) is 0. The lowest BCUT2D eigenvalue weighted by Crippen LogP contribution is -2.26. The van der Waals surface area contributed by atoms with Crippen molar-refractivity contribution in [3.63, 3.8) is 0 Å². The van der Waals surface area contributed by atoms with Crippen molar-refractivity contribution in [1.29, 1.82) is 0 Å². The number of aromatic nitrogens is 3. The normalized spacial score (nSPS) is 13.8. The number of benzene rings is 6. The lowest BCUT2D eigenvalue weighted by atomic mass is 9.71. The van der Waals surface area contributed by atoms with Crippen molar-refractivity contribution in [2.45, 2.75) is 64.7 Å². The SMILES string of the molecule is Cc1ccc2c(c1)-c1nc(-n3c4ccc(-c5cc(C(C)(C)C)cc(C(C)(C)C)c5)cc4c4ccc(-c5ccccn5)cc43)ccc1C21c2ccccc2-c2ccccc21. The molecule has 0 unspecified atom stereocenters. The molecule has 0 saturated carbocycles. The van der Waals surface area contributed by atoms with Gasteiger partial charge in [-0.05, 0) is 116 Å². The Kier molecular flexibility index (Phi) is 7.51. The summed E-state index contributed by atoms with van der Waals surface area (Å²) in [6, 6.07) is 56.6. The highest BCUT2D eigenvalue weighted by molar-refractivity contribution is 6.11. The third kappa shape index (κ3) is 5.20. The lowest BCUT2D eigenvalue weighted by Gasteiger charge is -2.30. The Balaban J connectivity index is 1.17. The fraction of sp³-hybridized carbons (Fsp3) is 0.179. The summed E-state index contributed by atoms with van der Waals surface area (Å²) in [6.07, 6.45) is 1.87. The predicted octanol–water partition coefficient (Wildman–Crippen LogP) is 14.2. The van der Waals surface area contributed by atoms with E-state index in [2.05, 4.69) is 199 Å². The van der Waals surface area contributed by atoms with Crippen molar-refractivity contribution in [3.05, 3.63) is 197 Å². The molecule has 0 radical (unpaired) electrons. The van der Waals surface area contributed by atoms with Crippen LogP contribution in [0.1, 0.15) is 80.5 Å². The standard InChI is InChI=1S/C56H47N3/c1-34-19-23-47-44(28-34)53-48(56(47)45-16-10-8-14-40(45)41-15-9-11-17-46(41)56)24-26-52(58-53)59-50-25-21-35(37-29-38(54(2,3)4)33-39(30-37)55(5,6)7)31-43(50)42-22-20-36(32-51(42)59)49-18-12-13-27-57-49/h8-33H,1-7H3.